The zero-order valence-corrected chi connectivity index (χ0v) is 8.37. The van der Waals surface area contributed by atoms with Gasteiger partial charge in [-0.05, 0) is 12.0 Å². The average Bonchev–Trinajstić information content (AvgIpc) is 2.14. The molecule has 0 heterocycles. The predicted molar refractivity (Wildman–Crippen MR) is 60.0 cm³/mol. The number of hydrogen-bond acceptors (Lipinski definition) is 1. The van der Waals surface area contributed by atoms with Crippen molar-refractivity contribution in [2.75, 3.05) is 0 Å². The Balaban J connectivity index is 0.00000144. The fourth-order valence-corrected chi connectivity index (χ4v) is 1.11. The molecule has 0 bridgehead atoms. The van der Waals surface area contributed by atoms with Crippen LogP contribution in [0.1, 0.15) is 31.7 Å². The van der Waals surface area contributed by atoms with E-state index < -0.39 is 0 Å². The Bertz CT molecular complexity index is 226. The van der Waals surface area contributed by atoms with Crippen molar-refractivity contribution in [2.24, 2.45) is 0 Å². The van der Waals surface area contributed by atoms with Gasteiger partial charge in [0.05, 0.1) is 0 Å². The first-order valence-corrected chi connectivity index (χ1v) is 4.65. The van der Waals surface area contributed by atoms with Crippen molar-refractivity contribution in [1.29, 1.82) is 0 Å². The maximum absolute atomic E-state index is 2.25. The van der Waals surface area contributed by atoms with E-state index in [9.17, 15) is 0 Å². The summed E-state index contributed by atoms with van der Waals surface area (Å²) in [5.41, 5.74) is 1.30. The smallest absolute Gasteiger partial charge is 0.0260 e. The Morgan fingerprint density at radius 2 is 1.85 bits per heavy atom. The van der Waals surface area contributed by atoms with Crippen molar-refractivity contribution in [3.8, 4) is 0 Å². The number of rotatable bonds is 4. The van der Waals surface area contributed by atoms with Crippen LogP contribution >= 0.6 is 0 Å². The van der Waals surface area contributed by atoms with Crippen molar-refractivity contribution in [1.82, 2.24) is 6.15 Å². The molecule has 0 aliphatic heterocycles. The van der Waals surface area contributed by atoms with Crippen LogP contribution in [0, 0.1) is 0 Å². The van der Waals surface area contributed by atoms with Crippen LogP contribution in [0.25, 0.3) is 6.08 Å². The van der Waals surface area contributed by atoms with Crippen LogP contribution in [0.4, 0.5) is 0 Å². The second-order valence-corrected chi connectivity index (χ2v) is 2.96. The molecular weight excluding hydrogens is 158 g/mol. The number of unbranched alkanes of at least 4 members (excludes halogenated alkanes) is 2. The Morgan fingerprint density at radius 1 is 1.15 bits per heavy atom. The van der Waals surface area contributed by atoms with Gasteiger partial charge in [0, 0.05) is 0 Å². The van der Waals surface area contributed by atoms with Crippen LogP contribution in [-0.2, 0) is 0 Å². The van der Waals surface area contributed by atoms with Crippen LogP contribution in [0.5, 0.6) is 0 Å². The van der Waals surface area contributed by atoms with Gasteiger partial charge < -0.3 is 6.15 Å². The van der Waals surface area contributed by atoms with E-state index in [0.29, 0.717) is 0 Å². The van der Waals surface area contributed by atoms with Gasteiger partial charge in [0.15, 0.2) is 0 Å². The quantitative estimate of drug-likeness (QED) is 0.692. The fourth-order valence-electron chi connectivity index (χ4n) is 1.11. The normalized spacial score (nSPS) is 9.92. The van der Waals surface area contributed by atoms with E-state index in [-0.39, 0.29) is 6.15 Å². The minimum Gasteiger partial charge on any atom is -0.344 e. The summed E-state index contributed by atoms with van der Waals surface area (Å²) in [4.78, 5) is 0. The summed E-state index contributed by atoms with van der Waals surface area (Å²) in [5.74, 6) is 0. The predicted octanol–water partition coefficient (Wildman–Crippen LogP) is 4.05. The third-order valence-electron chi connectivity index (χ3n) is 1.83. The van der Waals surface area contributed by atoms with E-state index in [0.717, 1.165) is 0 Å². The van der Waals surface area contributed by atoms with Crippen LogP contribution < -0.4 is 6.15 Å². The average molecular weight is 177 g/mol. The van der Waals surface area contributed by atoms with E-state index in [1.807, 2.05) is 6.07 Å². The van der Waals surface area contributed by atoms with Crippen molar-refractivity contribution in [3.05, 3.63) is 42.0 Å². The lowest BCUT2D eigenvalue weighted by Crippen LogP contribution is -1.69. The lowest BCUT2D eigenvalue weighted by molar-refractivity contribution is 0.816. The molecular formula is C12H19N. The molecule has 1 aromatic carbocycles. The summed E-state index contributed by atoms with van der Waals surface area (Å²) in [7, 11) is 0. The first-order chi connectivity index (χ1) is 5.93. The summed E-state index contributed by atoms with van der Waals surface area (Å²) in [6.45, 7) is 2.22. The molecule has 13 heavy (non-hydrogen) atoms. The van der Waals surface area contributed by atoms with Gasteiger partial charge in [-0.1, -0.05) is 62.2 Å². The standard InChI is InChI=1S/C12H16.H3N/c1-2-3-4-6-9-12-10-7-5-8-11-12;/h5-11H,2-4H2,1H3;1H3/b9-6-;. The highest BCUT2D eigenvalue weighted by Gasteiger charge is 1.81. The minimum atomic E-state index is 0. The van der Waals surface area contributed by atoms with Crippen molar-refractivity contribution < 1.29 is 0 Å². The largest absolute Gasteiger partial charge is 0.344 e. The third kappa shape index (κ3) is 5.21. The molecule has 1 aromatic rings. The summed E-state index contributed by atoms with van der Waals surface area (Å²) >= 11 is 0. The zero-order chi connectivity index (χ0) is 8.65. The van der Waals surface area contributed by atoms with Gasteiger partial charge in [0.2, 0.25) is 0 Å². The molecule has 0 aromatic heterocycles. The Labute approximate surface area is 81.1 Å². The van der Waals surface area contributed by atoms with Crippen molar-refractivity contribution in [2.45, 2.75) is 26.2 Å². The molecule has 0 amide bonds. The van der Waals surface area contributed by atoms with Crippen molar-refractivity contribution in [3.63, 3.8) is 0 Å². The van der Waals surface area contributed by atoms with E-state index in [4.69, 9.17) is 0 Å². The van der Waals surface area contributed by atoms with Gasteiger partial charge in [-0.25, -0.2) is 0 Å². The monoisotopic (exact) mass is 177 g/mol. The van der Waals surface area contributed by atoms with Gasteiger partial charge in [0.25, 0.3) is 0 Å². The highest BCUT2D eigenvalue weighted by atomic mass is 14.0. The Morgan fingerprint density at radius 3 is 2.46 bits per heavy atom. The van der Waals surface area contributed by atoms with E-state index in [1.54, 1.807) is 0 Å². The molecule has 1 rings (SSSR count). The lowest BCUT2D eigenvalue weighted by Gasteiger charge is -1.91. The molecule has 0 radical (unpaired) electrons. The maximum atomic E-state index is 2.25. The van der Waals surface area contributed by atoms with Crippen LogP contribution in [0.2, 0.25) is 0 Å². The van der Waals surface area contributed by atoms with E-state index in [2.05, 4.69) is 43.3 Å². The van der Waals surface area contributed by atoms with Gasteiger partial charge in [-0.15, -0.1) is 0 Å². The second kappa shape index (κ2) is 7.56. The summed E-state index contributed by atoms with van der Waals surface area (Å²) in [6, 6.07) is 10.4. The van der Waals surface area contributed by atoms with Crippen LogP contribution in [-0.4, -0.2) is 0 Å². The van der Waals surface area contributed by atoms with Gasteiger partial charge in [-0.2, -0.15) is 0 Å². The summed E-state index contributed by atoms with van der Waals surface area (Å²) in [5, 5.41) is 0. The van der Waals surface area contributed by atoms with Crippen molar-refractivity contribution >= 4 is 6.08 Å². The molecule has 0 aliphatic carbocycles. The molecule has 1 nitrogen and oxygen atoms in total. The van der Waals surface area contributed by atoms with Gasteiger partial charge in [-0.3, -0.25) is 0 Å². The SMILES string of the molecule is CCCC/C=C\c1ccccc1.N. The number of allylic oxidation sites excluding steroid dienone is 1. The summed E-state index contributed by atoms with van der Waals surface area (Å²) in [6.07, 6.45) is 8.21. The molecule has 0 unspecified atom stereocenters. The summed E-state index contributed by atoms with van der Waals surface area (Å²) < 4.78 is 0. The maximum Gasteiger partial charge on any atom is -0.0260 e. The Kier molecular flexibility index (Phi) is 6.93. The zero-order valence-electron chi connectivity index (χ0n) is 8.37. The molecule has 3 N–H and O–H groups in total. The molecule has 0 fully saturated rings. The van der Waals surface area contributed by atoms with Crippen LogP contribution in [0.3, 0.4) is 0 Å². The molecule has 1 heteroatoms. The van der Waals surface area contributed by atoms with Crippen LogP contribution in [0.15, 0.2) is 36.4 Å². The number of benzene rings is 1. The lowest BCUT2D eigenvalue weighted by atomic mass is 10.2. The fraction of sp³-hybridized carbons (Fsp3) is 0.333. The molecule has 0 atom stereocenters. The highest BCUT2D eigenvalue weighted by Crippen LogP contribution is 2.03. The minimum absolute atomic E-state index is 0. The first-order valence-electron chi connectivity index (χ1n) is 4.65. The van der Waals surface area contributed by atoms with E-state index >= 15 is 0 Å². The second-order valence-electron chi connectivity index (χ2n) is 2.96. The highest BCUT2D eigenvalue weighted by molar-refractivity contribution is 5.48. The number of hydrogen-bond donors (Lipinski definition) is 1. The molecule has 72 valence electrons. The molecule has 0 saturated heterocycles. The van der Waals surface area contributed by atoms with Gasteiger partial charge in [0.1, 0.15) is 0 Å². The van der Waals surface area contributed by atoms with E-state index in [1.165, 1.54) is 24.8 Å². The molecule has 0 aliphatic rings. The van der Waals surface area contributed by atoms with Gasteiger partial charge >= 0.3 is 0 Å². The molecule has 0 spiro atoms. The molecule has 0 saturated carbocycles. The topological polar surface area (TPSA) is 35.0 Å². The first kappa shape index (κ1) is 11.9. The Hall–Kier alpha value is -1.08. The third-order valence-corrected chi connectivity index (χ3v) is 1.83.